The minimum absolute atomic E-state index is 0.0490. The molecule has 2 atom stereocenters. The molecule has 142 valence electrons. The molecule has 0 aliphatic heterocycles. The second-order valence-electron chi connectivity index (χ2n) is 6.25. The van der Waals surface area contributed by atoms with Crippen molar-refractivity contribution in [3.63, 3.8) is 0 Å². The molecule has 26 heavy (non-hydrogen) atoms. The van der Waals surface area contributed by atoms with Gasteiger partial charge in [0.2, 0.25) is 5.91 Å². The lowest BCUT2D eigenvalue weighted by Gasteiger charge is -2.29. The molecule has 3 N–H and O–H groups in total. The van der Waals surface area contributed by atoms with Crippen molar-refractivity contribution in [2.75, 3.05) is 11.9 Å². The zero-order chi connectivity index (χ0) is 19.3. The fourth-order valence-corrected chi connectivity index (χ4v) is 2.93. The van der Waals surface area contributed by atoms with Gasteiger partial charge in [-0.1, -0.05) is 6.42 Å². The lowest BCUT2D eigenvalue weighted by molar-refractivity contribution is -0.185. The van der Waals surface area contributed by atoms with Crippen LogP contribution in [0.3, 0.4) is 0 Å². The third kappa shape index (κ3) is 5.47. The number of anilines is 1. The van der Waals surface area contributed by atoms with Gasteiger partial charge in [-0.15, -0.1) is 0 Å². The van der Waals surface area contributed by atoms with E-state index in [-0.39, 0.29) is 18.4 Å². The second kappa shape index (κ2) is 8.20. The molecule has 9 heteroatoms. The Bertz CT molecular complexity index is 674. The van der Waals surface area contributed by atoms with Gasteiger partial charge in [-0.05, 0) is 43.5 Å². The van der Waals surface area contributed by atoms with Gasteiger partial charge in [-0.25, -0.2) is 0 Å². The molecule has 2 amide bonds. The van der Waals surface area contributed by atoms with Crippen molar-refractivity contribution in [1.29, 1.82) is 0 Å². The van der Waals surface area contributed by atoms with Gasteiger partial charge in [-0.2, -0.15) is 13.2 Å². The first-order valence-corrected chi connectivity index (χ1v) is 8.14. The molecule has 0 heterocycles. The molecule has 1 aliphatic rings. The summed E-state index contributed by atoms with van der Waals surface area (Å²) >= 11 is 0. The number of hydrogen-bond donors (Lipinski definition) is 3. The summed E-state index contributed by atoms with van der Waals surface area (Å²) in [6, 6.07) is 5.67. The highest BCUT2D eigenvalue weighted by Gasteiger charge is 2.43. The van der Waals surface area contributed by atoms with Gasteiger partial charge in [-0.3, -0.25) is 14.4 Å². The van der Waals surface area contributed by atoms with Crippen LogP contribution in [0.15, 0.2) is 24.3 Å². The smallest absolute Gasteiger partial charge is 0.391 e. The van der Waals surface area contributed by atoms with Crippen molar-refractivity contribution >= 4 is 23.5 Å². The number of carboxylic acids is 1. The number of nitrogens with one attached hydrogen (secondary N) is 2. The highest BCUT2D eigenvalue weighted by atomic mass is 19.4. The number of hydrogen-bond acceptors (Lipinski definition) is 3. The third-order valence-electron chi connectivity index (χ3n) is 4.32. The molecule has 1 aliphatic carbocycles. The van der Waals surface area contributed by atoms with Crippen LogP contribution in [0.5, 0.6) is 0 Å². The molecule has 1 aromatic carbocycles. The number of rotatable bonds is 5. The Labute approximate surface area is 147 Å². The number of amides is 2. The van der Waals surface area contributed by atoms with Gasteiger partial charge in [0.05, 0.1) is 5.92 Å². The molecule has 0 saturated heterocycles. The standard InChI is InChI=1S/C17H19F3N2O4/c18-17(19,20)12-3-1-2-11(8-12)16(26)22-13-6-4-10(5-7-13)15(25)21-9-14(23)24/h4-7,11-12H,1-3,8-9H2,(H,21,25)(H,22,26)(H,23,24). The van der Waals surface area contributed by atoms with Crippen LogP contribution in [0.1, 0.15) is 36.0 Å². The van der Waals surface area contributed by atoms with E-state index < -0.39 is 42.3 Å². The fraction of sp³-hybridized carbons (Fsp3) is 0.471. The first-order chi connectivity index (χ1) is 12.2. The summed E-state index contributed by atoms with van der Waals surface area (Å²) in [6.45, 7) is -0.515. The Morgan fingerprint density at radius 3 is 2.35 bits per heavy atom. The van der Waals surface area contributed by atoms with E-state index in [2.05, 4.69) is 10.6 Å². The second-order valence-corrected chi connectivity index (χ2v) is 6.25. The van der Waals surface area contributed by atoms with Crippen LogP contribution < -0.4 is 10.6 Å². The molecule has 0 radical (unpaired) electrons. The number of aliphatic carboxylic acids is 1. The molecule has 2 rings (SSSR count). The monoisotopic (exact) mass is 372 g/mol. The van der Waals surface area contributed by atoms with Gasteiger partial charge in [0.1, 0.15) is 6.54 Å². The molecule has 6 nitrogen and oxygen atoms in total. The van der Waals surface area contributed by atoms with E-state index in [1.54, 1.807) is 0 Å². The third-order valence-corrected chi connectivity index (χ3v) is 4.32. The van der Waals surface area contributed by atoms with Crippen LogP contribution >= 0.6 is 0 Å². The fourth-order valence-electron chi connectivity index (χ4n) is 2.93. The number of carboxylic acid groups (broad SMARTS) is 1. The van der Waals surface area contributed by atoms with Gasteiger partial charge < -0.3 is 15.7 Å². The molecular weight excluding hydrogens is 353 g/mol. The number of carbonyl (C=O) groups excluding carboxylic acids is 2. The molecular formula is C17H19F3N2O4. The van der Waals surface area contributed by atoms with E-state index in [0.29, 0.717) is 18.5 Å². The molecule has 1 fully saturated rings. The number of benzene rings is 1. The zero-order valence-corrected chi connectivity index (χ0v) is 13.8. The summed E-state index contributed by atoms with van der Waals surface area (Å²) in [4.78, 5) is 34.3. The summed E-state index contributed by atoms with van der Waals surface area (Å²) in [5.41, 5.74) is 0.568. The van der Waals surface area contributed by atoms with Crippen molar-refractivity contribution in [3.05, 3.63) is 29.8 Å². The maximum atomic E-state index is 12.8. The van der Waals surface area contributed by atoms with Crippen molar-refractivity contribution in [1.82, 2.24) is 5.32 Å². The first kappa shape index (κ1) is 19.7. The Kier molecular flexibility index (Phi) is 6.23. The van der Waals surface area contributed by atoms with Crippen molar-refractivity contribution in [2.24, 2.45) is 11.8 Å². The Morgan fingerprint density at radius 1 is 1.12 bits per heavy atom. The molecule has 0 aromatic heterocycles. The van der Waals surface area contributed by atoms with Gasteiger partial charge >= 0.3 is 12.1 Å². The quantitative estimate of drug-likeness (QED) is 0.741. The number of halogens is 3. The van der Waals surface area contributed by atoms with Crippen molar-refractivity contribution in [3.8, 4) is 0 Å². The van der Waals surface area contributed by atoms with Crippen LogP contribution in [0.2, 0.25) is 0 Å². The SMILES string of the molecule is O=C(O)CNC(=O)c1ccc(NC(=O)C2CCCC(C(F)(F)F)C2)cc1. The van der Waals surface area contributed by atoms with Gasteiger partial charge in [0, 0.05) is 17.2 Å². The largest absolute Gasteiger partial charge is 0.480 e. The molecule has 1 aromatic rings. The summed E-state index contributed by atoms with van der Waals surface area (Å²) in [6.07, 6.45) is -3.69. The average Bonchev–Trinajstić information content (AvgIpc) is 2.59. The molecule has 0 bridgehead atoms. The Hall–Kier alpha value is -2.58. The summed E-state index contributed by atoms with van der Waals surface area (Å²) < 4.78 is 38.5. The Balaban J connectivity index is 1.93. The van der Waals surface area contributed by atoms with E-state index in [1.807, 2.05) is 0 Å². The maximum absolute atomic E-state index is 12.8. The predicted molar refractivity (Wildman–Crippen MR) is 86.5 cm³/mol. The van der Waals surface area contributed by atoms with E-state index in [4.69, 9.17) is 5.11 Å². The van der Waals surface area contributed by atoms with Crippen LogP contribution in [0.4, 0.5) is 18.9 Å². The number of alkyl halides is 3. The first-order valence-electron chi connectivity index (χ1n) is 8.14. The Morgan fingerprint density at radius 2 is 1.77 bits per heavy atom. The lowest BCUT2D eigenvalue weighted by atomic mass is 9.80. The normalized spacial score (nSPS) is 20.3. The molecule has 0 spiro atoms. The minimum Gasteiger partial charge on any atom is -0.480 e. The number of carbonyl (C=O) groups is 3. The van der Waals surface area contributed by atoms with Crippen LogP contribution in [0.25, 0.3) is 0 Å². The van der Waals surface area contributed by atoms with E-state index >= 15 is 0 Å². The zero-order valence-electron chi connectivity index (χ0n) is 13.8. The molecule has 2 unspecified atom stereocenters. The highest BCUT2D eigenvalue weighted by molar-refractivity contribution is 5.97. The minimum atomic E-state index is -4.29. The highest BCUT2D eigenvalue weighted by Crippen LogP contribution is 2.40. The lowest BCUT2D eigenvalue weighted by Crippen LogP contribution is -2.34. The topological polar surface area (TPSA) is 95.5 Å². The van der Waals surface area contributed by atoms with Crippen LogP contribution in [-0.4, -0.2) is 35.6 Å². The average molecular weight is 372 g/mol. The van der Waals surface area contributed by atoms with E-state index in [0.717, 1.165) is 0 Å². The van der Waals surface area contributed by atoms with Crippen molar-refractivity contribution < 1.29 is 32.7 Å². The maximum Gasteiger partial charge on any atom is 0.391 e. The predicted octanol–water partition coefficient (Wildman–Crippen LogP) is 2.81. The summed E-state index contributed by atoms with van der Waals surface area (Å²) in [5.74, 6) is -4.37. The van der Waals surface area contributed by atoms with Crippen LogP contribution in [-0.2, 0) is 9.59 Å². The summed E-state index contributed by atoms with van der Waals surface area (Å²) in [5, 5.41) is 13.3. The van der Waals surface area contributed by atoms with E-state index in [9.17, 15) is 27.6 Å². The van der Waals surface area contributed by atoms with Crippen molar-refractivity contribution in [2.45, 2.75) is 31.9 Å². The van der Waals surface area contributed by atoms with E-state index in [1.165, 1.54) is 24.3 Å². The van der Waals surface area contributed by atoms with Gasteiger partial charge in [0.15, 0.2) is 0 Å². The molecule has 1 saturated carbocycles. The summed E-state index contributed by atoms with van der Waals surface area (Å²) in [7, 11) is 0. The van der Waals surface area contributed by atoms with Crippen LogP contribution in [0, 0.1) is 11.8 Å². The van der Waals surface area contributed by atoms with Gasteiger partial charge in [0.25, 0.3) is 5.91 Å².